The summed E-state index contributed by atoms with van der Waals surface area (Å²) in [6.45, 7) is 8.47. The third kappa shape index (κ3) is 1.99. The summed E-state index contributed by atoms with van der Waals surface area (Å²) >= 11 is 0. The van der Waals surface area contributed by atoms with Gasteiger partial charge in [0, 0.05) is 27.6 Å². The number of carbonyl (C=O) groups excluding carboxylic acids is 1. The molecule has 2 nitrogen and oxygen atoms in total. The van der Waals surface area contributed by atoms with Gasteiger partial charge in [-0.3, -0.25) is 4.79 Å². The maximum absolute atomic E-state index is 11.3. The number of aromatic nitrogens is 1. The number of fused-ring (bicyclic) bond motifs is 1. The van der Waals surface area contributed by atoms with E-state index in [-0.39, 0.29) is 5.41 Å². The summed E-state index contributed by atoms with van der Waals surface area (Å²) < 4.78 is 0. The molecule has 0 saturated carbocycles. The summed E-state index contributed by atoms with van der Waals surface area (Å²) in [4.78, 5) is 14.7. The van der Waals surface area contributed by atoms with Gasteiger partial charge in [0.05, 0.1) is 0 Å². The Kier molecular flexibility index (Phi) is 2.82. The Labute approximate surface area is 102 Å². The highest BCUT2D eigenvalue weighted by atomic mass is 16.1. The van der Waals surface area contributed by atoms with Crippen LogP contribution in [0.25, 0.3) is 10.9 Å². The lowest BCUT2D eigenvalue weighted by Crippen LogP contribution is -2.13. The first-order valence-corrected chi connectivity index (χ1v) is 6.07. The Bertz CT molecular complexity index is 558. The van der Waals surface area contributed by atoms with E-state index in [4.69, 9.17) is 0 Å². The lowest BCUT2D eigenvalue weighted by atomic mass is 9.89. The predicted molar refractivity (Wildman–Crippen MR) is 71.8 cm³/mol. The minimum atomic E-state index is -0.0400. The second-order valence-corrected chi connectivity index (χ2v) is 5.52. The number of hydrogen-bond donors (Lipinski definition) is 1. The highest BCUT2D eigenvalue weighted by molar-refractivity contribution is 5.99. The molecule has 1 aromatic carbocycles. The fraction of sp³-hybridized carbons (Fsp3) is 0.400. The molecular formula is C15H19NO. The number of carbonyl (C=O) groups is 1. The molecule has 0 bridgehead atoms. The summed E-state index contributed by atoms with van der Waals surface area (Å²) in [5, 5.41) is 1.05. The van der Waals surface area contributed by atoms with Crippen molar-refractivity contribution in [2.45, 2.75) is 39.5 Å². The van der Waals surface area contributed by atoms with Gasteiger partial charge in [-0.1, -0.05) is 33.8 Å². The number of rotatable bonds is 2. The van der Waals surface area contributed by atoms with Crippen molar-refractivity contribution in [3.05, 3.63) is 35.0 Å². The molecule has 0 amide bonds. The summed E-state index contributed by atoms with van der Waals surface area (Å²) in [5.41, 5.74) is 4.11. The molecular weight excluding hydrogens is 210 g/mol. The summed E-state index contributed by atoms with van der Waals surface area (Å²) in [7, 11) is 0. The third-order valence-electron chi connectivity index (χ3n) is 3.18. The van der Waals surface area contributed by atoms with E-state index < -0.39 is 0 Å². The molecule has 90 valence electrons. The van der Waals surface area contributed by atoms with Crippen LogP contribution in [0.15, 0.2) is 18.2 Å². The maximum Gasteiger partial charge on any atom is 0.152 e. The molecule has 0 radical (unpaired) electrons. The maximum atomic E-state index is 11.3. The number of benzene rings is 1. The van der Waals surface area contributed by atoms with Crippen LogP contribution in [-0.2, 0) is 11.8 Å². The predicted octanol–water partition coefficient (Wildman–Crippen LogP) is 3.84. The Morgan fingerprint density at radius 3 is 2.53 bits per heavy atom. The average molecular weight is 229 g/mol. The Hall–Kier alpha value is -1.57. The van der Waals surface area contributed by atoms with Gasteiger partial charge in [-0.2, -0.15) is 0 Å². The fourth-order valence-electron chi connectivity index (χ4n) is 2.19. The van der Waals surface area contributed by atoms with Crippen LogP contribution in [0, 0.1) is 0 Å². The van der Waals surface area contributed by atoms with E-state index in [0.717, 1.165) is 34.9 Å². The zero-order valence-electron chi connectivity index (χ0n) is 10.9. The second-order valence-electron chi connectivity index (χ2n) is 5.52. The van der Waals surface area contributed by atoms with Crippen molar-refractivity contribution in [3.8, 4) is 0 Å². The van der Waals surface area contributed by atoms with E-state index in [1.54, 1.807) is 0 Å². The highest BCUT2D eigenvalue weighted by Crippen LogP contribution is 2.30. The zero-order valence-corrected chi connectivity index (χ0v) is 10.9. The normalized spacial score (nSPS) is 12.0. The van der Waals surface area contributed by atoms with E-state index in [1.165, 1.54) is 5.56 Å². The van der Waals surface area contributed by atoms with Gasteiger partial charge in [0.1, 0.15) is 0 Å². The van der Waals surface area contributed by atoms with Crippen LogP contribution in [0.3, 0.4) is 0 Å². The van der Waals surface area contributed by atoms with Gasteiger partial charge in [-0.15, -0.1) is 0 Å². The fourth-order valence-corrected chi connectivity index (χ4v) is 2.19. The monoisotopic (exact) mass is 229 g/mol. The number of aromatic amines is 1. The first-order chi connectivity index (χ1) is 7.97. The van der Waals surface area contributed by atoms with E-state index >= 15 is 0 Å². The molecule has 1 aromatic heterocycles. The van der Waals surface area contributed by atoms with Crippen molar-refractivity contribution in [1.29, 1.82) is 0 Å². The van der Waals surface area contributed by atoms with Crippen molar-refractivity contribution >= 4 is 17.2 Å². The molecule has 2 aromatic rings. The largest absolute Gasteiger partial charge is 0.357 e. The topological polar surface area (TPSA) is 32.9 Å². The Morgan fingerprint density at radius 2 is 2.00 bits per heavy atom. The van der Waals surface area contributed by atoms with Gasteiger partial charge >= 0.3 is 0 Å². The van der Waals surface area contributed by atoms with Crippen LogP contribution >= 0.6 is 0 Å². The van der Waals surface area contributed by atoms with Crippen LogP contribution in [0.1, 0.15) is 49.3 Å². The zero-order chi connectivity index (χ0) is 12.6. The van der Waals surface area contributed by atoms with Crippen LogP contribution in [0.2, 0.25) is 0 Å². The molecule has 0 fully saturated rings. The van der Waals surface area contributed by atoms with Gasteiger partial charge in [0.15, 0.2) is 6.29 Å². The molecule has 17 heavy (non-hydrogen) atoms. The van der Waals surface area contributed by atoms with E-state index in [9.17, 15) is 4.79 Å². The molecule has 0 saturated heterocycles. The van der Waals surface area contributed by atoms with E-state index in [1.807, 2.05) is 0 Å². The van der Waals surface area contributed by atoms with Crippen molar-refractivity contribution in [1.82, 2.24) is 4.98 Å². The molecule has 1 heterocycles. The molecule has 0 spiro atoms. The van der Waals surface area contributed by atoms with Gasteiger partial charge in [0.25, 0.3) is 0 Å². The van der Waals surface area contributed by atoms with Gasteiger partial charge in [-0.05, 0) is 24.1 Å². The SMILES string of the molecule is CCc1ccc2[nH]c(C(C)(C)C)c(C=O)c2c1. The molecule has 0 aliphatic carbocycles. The van der Waals surface area contributed by atoms with Gasteiger partial charge in [-0.25, -0.2) is 0 Å². The number of hydrogen-bond acceptors (Lipinski definition) is 1. The van der Waals surface area contributed by atoms with Crippen LogP contribution < -0.4 is 0 Å². The number of aldehydes is 1. The molecule has 1 N–H and O–H groups in total. The van der Waals surface area contributed by atoms with Crippen molar-refractivity contribution in [2.75, 3.05) is 0 Å². The number of nitrogens with one attached hydrogen (secondary N) is 1. The van der Waals surface area contributed by atoms with Crippen LogP contribution in [0.4, 0.5) is 0 Å². The average Bonchev–Trinajstić information content (AvgIpc) is 2.65. The summed E-state index contributed by atoms with van der Waals surface area (Å²) in [6, 6.07) is 6.29. The third-order valence-corrected chi connectivity index (χ3v) is 3.18. The Balaban J connectivity index is 2.76. The van der Waals surface area contributed by atoms with Gasteiger partial charge in [0.2, 0.25) is 0 Å². The van der Waals surface area contributed by atoms with Crippen LogP contribution in [0.5, 0.6) is 0 Å². The minimum absolute atomic E-state index is 0.0400. The van der Waals surface area contributed by atoms with Gasteiger partial charge < -0.3 is 4.98 Å². The van der Waals surface area contributed by atoms with Crippen LogP contribution in [-0.4, -0.2) is 11.3 Å². The molecule has 0 unspecified atom stereocenters. The molecule has 0 aliphatic rings. The molecule has 2 rings (SSSR count). The molecule has 0 aliphatic heterocycles. The molecule has 0 atom stereocenters. The van der Waals surface area contributed by atoms with Crippen molar-refractivity contribution < 1.29 is 4.79 Å². The minimum Gasteiger partial charge on any atom is -0.357 e. The smallest absolute Gasteiger partial charge is 0.152 e. The first kappa shape index (κ1) is 11.9. The lowest BCUT2D eigenvalue weighted by molar-refractivity contribution is 0.112. The Morgan fingerprint density at radius 1 is 1.29 bits per heavy atom. The summed E-state index contributed by atoms with van der Waals surface area (Å²) in [5.74, 6) is 0. The highest BCUT2D eigenvalue weighted by Gasteiger charge is 2.22. The summed E-state index contributed by atoms with van der Waals surface area (Å²) in [6.07, 6.45) is 1.96. The van der Waals surface area contributed by atoms with E-state index in [2.05, 4.69) is 50.9 Å². The van der Waals surface area contributed by atoms with E-state index in [0.29, 0.717) is 0 Å². The second kappa shape index (κ2) is 4.02. The lowest BCUT2D eigenvalue weighted by Gasteiger charge is -2.17. The van der Waals surface area contributed by atoms with Crippen molar-refractivity contribution in [3.63, 3.8) is 0 Å². The van der Waals surface area contributed by atoms with Crippen molar-refractivity contribution in [2.24, 2.45) is 0 Å². The number of H-pyrrole nitrogens is 1. The first-order valence-electron chi connectivity index (χ1n) is 6.07. The number of aryl methyl sites for hydroxylation is 1. The standard InChI is InChI=1S/C15H19NO/c1-5-10-6-7-13-11(8-10)12(9-17)14(16-13)15(2,3)4/h6-9,16H,5H2,1-4H3. The molecule has 2 heteroatoms. The quantitative estimate of drug-likeness (QED) is 0.780.